The van der Waals surface area contributed by atoms with E-state index < -0.39 is 24.0 Å². The summed E-state index contributed by atoms with van der Waals surface area (Å²) in [4.78, 5) is 13.1. The van der Waals surface area contributed by atoms with Crippen LogP contribution >= 0.6 is 0 Å². The van der Waals surface area contributed by atoms with Gasteiger partial charge in [-0.25, -0.2) is 0 Å². The zero-order valence-electron chi connectivity index (χ0n) is 14.3. The number of carbonyl (C=O) groups excluding carboxylic acids is 1. The highest BCUT2D eigenvalue weighted by Gasteiger charge is 2.48. The number of unbranched alkanes of at least 4 members (excludes halogenated alkanes) is 1. The van der Waals surface area contributed by atoms with Gasteiger partial charge in [-0.1, -0.05) is 54.6 Å². The van der Waals surface area contributed by atoms with Crippen molar-refractivity contribution in [1.29, 1.82) is 0 Å². The van der Waals surface area contributed by atoms with Gasteiger partial charge in [-0.2, -0.15) is 13.2 Å². The molecular formula is C21H20F3NO. The maximum atomic E-state index is 13.1. The lowest BCUT2D eigenvalue weighted by Crippen LogP contribution is -2.47. The van der Waals surface area contributed by atoms with E-state index in [1.807, 2.05) is 48.5 Å². The molecule has 0 saturated heterocycles. The normalized spacial score (nSPS) is 14.4. The van der Waals surface area contributed by atoms with Gasteiger partial charge in [0.25, 0.3) is 0 Å². The molecule has 0 aliphatic heterocycles. The highest BCUT2D eigenvalue weighted by molar-refractivity contribution is 6.00. The van der Waals surface area contributed by atoms with Crippen LogP contribution in [-0.2, 0) is 10.2 Å². The zero-order valence-corrected chi connectivity index (χ0v) is 14.3. The molecule has 2 aromatic rings. The number of hydrogen-bond donors (Lipinski definition) is 1. The lowest BCUT2D eigenvalue weighted by Gasteiger charge is -2.31. The number of carbonyl (C=O) groups is 1. The molecule has 0 fully saturated rings. The Balaban J connectivity index is 2.11. The molecule has 1 N–H and O–H groups in total. The van der Waals surface area contributed by atoms with E-state index in [0.717, 1.165) is 22.3 Å². The molecule has 2 aromatic carbocycles. The van der Waals surface area contributed by atoms with Crippen LogP contribution in [0, 0.1) is 0 Å². The topological polar surface area (TPSA) is 29.1 Å². The van der Waals surface area contributed by atoms with Crippen LogP contribution in [0.3, 0.4) is 0 Å². The lowest BCUT2D eigenvalue weighted by molar-refractivity contribution is -0.141. The monoisotopic (exact) mass is 359 g/mol. The Morgan fingerprint density at radius 2 is 1.58 bits per heavy atom. The number of fused-ring (bicyclic) bond motifs is 3. The summed E-state index contributed by atoms with van der Waals surface area (Å²) in [6.07, 6.45) is -0.912. The van der Waals surface area contributed by atoms with Gasteiger partial charge in [-0.3, -0.25) is 4.79 Å². The van der Waals surface area contributed by atoms with E-state index >= 15 is 0 Å². The maximum Gasteiger partial charge on any atom is 0.405 e. The SMILES string of the molecule is C=CCCCC1(C(=O)NCC(F)(F)F)c2ccccc2-c2ccccc21. The number of allylic oxidation sites excluding steroid dienone is 1. The van der Waals surface area contributed by atoms with E-state index in [2.05, 4.69) is 11.9 Å². The molecule has 1 aliphatic rings. The Morgan fingerprint density at radius 1 is 1.04 bits per heavy atom. The number of amides is 1. The number of alkyl halides is 3. The second kappa shape index (κ2) is 6.98. The van der Waals surface area contributed by atoms with Crippen LogP contribution in [-0.4, -0.2) is 18.6 Å². The Hall–Kier alpha value is -2.56. The lowest BCUT2D eigenvalue weighted by atomic mass is 9.73. The van der Waals surface area contributed by atoms with Crippen molar-refractivity contribution in [2.45, 2.75) is 30.9 Å². The summed E-state index contributed by atoms with van der Waals surface area (Å²) >= 11 is 0. The van der Waals surface area contributed by atoms with Gasteiger partial charge in [0.05, 0.1) is 0 Å². The number of benzene rings is 2. The zero-order chi connectivity index (χ0) is 18.8. The predicted octanol–water partition coefficient (Wildman–Crippen LogP) is 4.99. The van der Waals surface area contributed by atoms with Crippen LogP contribution in [0.5, 0.6) is 0 Å². The van der Waals surface area contributed by atoms with Crippen molar-refractivity contribution in [1.82, 2.24) is 5.32 Å². The molecule has 1 aliphatic carbocycles. The summed E-state index contributed by atoms with van der Waals surface area (Å²) < 4.78 is 38.1. The third-order valence-electron chi connectivity index (χ3n) is 4.86. The molecular weight excluding hydrogens is 339 g/mol. The highest BCUT2D eigenvalue weighted by atomic mass is 19.4. The molecule has 0 saturated carbocycles. The fraction of sp³-hybridized carbons (Fsp3) is 0.286. The summed E-state index contributed by atoms with van der Waals surface area (Å²) in [5, 5.41) is 2.12. The summed E-state index contributed by atoms with van der Waals surface area (Å²) in [6.45, 7) is 2.37. The molecule has 0 spiro atoms. The molecule has 2 nitrogen and oxygen atoms in total. The first-order valence-electron chi connectivity index (χ1n) is 8.55. The number of hydrogen-bond acceptors (Lipinski definition) is 1. The van der Waals surface area contributed by atoms with Crippen molar-refractivity contribution in [3.05, 3.63) is 72.3 Å². The van der Waals surface area contributed by atoms with Crippen molar-refractivity contribution in [2.24, 2.45) is 0 Å². The first-order chi connectivity index (χ1) is 12.4. The van der Waals surface area contributed by atoms with E-state index in [4.69, 9.17) is 0 Å². The summed E-state index contributed by atoms with van der Waals surface area (Å²) in [5.74, 6) is -0.601. The molecule has 0 aromatic heterocycles. The van der Waals surface area contributed by atoms with Crippen LogP contribution in [0.25, 0.3) is 11.1 Å². The van der Waals surface area contributed by atoms with Gasteiger partial charge in [-0.05, 0) is 41.5 Å². The molecule has 26 heavy (non-hydrogen) atoms. The molecule has 0 radical (unpaired) electrons. The third-order valence-corrected chi connectivity index (χ3v) is 4.86. The first kappa shape index (κ1) is 18.2. The highest BCUT2D eigenvalue weighted by Crippen LogP contribution is 2.51. The quantitative estimate of drug-likeness (QED) is 0.571. The van der Waals surface area contributed by atoms with Gasteiger partial charge in [-0.15, -0.1) is 6.58 Å². The Labute approximate surface area is 150 Å². The number of nitrogens with one attached hydrogen (secondary N) is 1. The fourth-order valence-corrected chi connectivity index (χ4v) is 3.80. The molecule has 1 amide bonds. The second-order valence-corrected chi connectivity index (χ2v) is 6.48. The maximum absolute atomic E-state index is 13.1. The van der Waals surface area contributed by atoms with E-state index in [1.165, 1.54) is 0 Å². The Kier molecular flexibility index (Phi) is 4.90. The van der Waals surface area contributed by atoms with Crippen molar-refractivity contribution < 1.29 is 18.0 Å². The van der Waals surface area contributed by atoms with Crippen molar-refractivity contribution in [3.63, 3.8) is 0 Å². The average Bonchev–Trinajstić information content (AvgIpc) is 2.91. The third kappa shape index (κ3) is 3.14. The van der Waals surface area contributed by atoms with Gasteiger partial charge in [0.2, 0.25) is 5.91 Å². The predicted molar refractivity (Wildman–Crippen MR) is 95.8 cm³/mol. The molecule has 136 valence electrons. The van der Waals surface area contributed by atoms with Crippen LogP contribution in [0.2, 0.25) is 0 Å². The first-order valence-corrected chi connectivity index (χ1v) is 8.55. The van der Waals surface area contributed by atoms with Gasteiger partial charge >= 0.3 is 6.18 Å². The minimum atomic E-state index is -4.45. The van der Waals surface area contributed by atoms with Crippen molar-refractivity contribution in [3.8, 4) is 11.1 Å². The van der Waals surface area contributed by atoms with Crippen LogP contribution < -0.4 is 5.32 Å². The van der Waals surface area contributed by atoms with E-state index in [-0.39, 0.29) is 0 Å². The minimum Gasteiger partial charge on any atom is -0.346 e. The molecule has 0 unspecified atom stereocenters. The largest absolute Gasteiger partial charge is 0.405 e. The van der Waals surface area contributed by atoms with Gasteiger partial charge in [0.1, 0.15) is 12.0 Å². The Bertz CT molecular complexity index is 781. The van der Waals surface area contributed by atoms with Crippen molar-refractivity contribution in [2.75, 3.05) is 6.54 Å². The van der Waals surface area contributed by atoms with Gasteiger partial charge in [0.15, 0.2) is 0 Å². The van der Waals surface area contributed by atoms with Crippen molar-refractivity contribution >= 4 is 5.91 Å². The summed E-state index contributed by atoms with van der Waals surface area (Å²) in [5.41, 5.74) is 2.24. The molecule has 0 bridgehead atoms. The van der Waals surface area contributed by atoms with Gasteiger partial charge in [0, 0.05) is 0 Å². The second-order valence-electron chi connectivity index (χ2n) is 6.48. The van der Waals surface area contributed by atoms with E-state index in [9.17, 15) is 18.0 Å². The summed E-state index contributed by atoms with van der Waals surface area (Å²) in [7, 11) is 0. The molecule has 0 heterocycles. The smallest absolute Gasteiger partial charge is 0.346 e. The van der Waals surface area contributed by atoms with E-state index in [1.54, 1.807) is 6.08 Å². The summed E-state index contributed by atoms with van der Waals surface area (Å²) in [6, 6.07) is 14.9. The van der Waals surface area contributed by atoms with Crippen LogP contribution in [0.4, 0.5) is 13.2 Å². The fourth-order valence-electron chi connectivity index (χ4n) is 3.80. The average molecular weight is 359 g/mol. The van der Waals surface area contributed by atoms with Crippen LogP contribution in [0.15, 0.2) is 61.2 Å². The standard InChI is InChI=1S/C21H20F3NO/c1-2-3-8-13-20(19(26)25-14-21(22,23)24)17-11-6-4-9-15(17)16-10-5-7-12-18(16)20/h2,4-7,9-12H,1,3,8,13-14H2,(H,25,26). The molecule has 5 heteroatoms. The van der Waals surface area contributed by atoms with E-state index in [0.29, 0.717) is 19.3 Å². The Morgan fingerprint density at radius 3 is 2.08 bits per heavy atom. The van der Waals surface area contributed by atoms with Crippen LogP contribution in [0.1, 0.15) is 30.4 Å². The minimum absolute atomic E-state index is 0.427. The molecule has 0 atom stereocenters. The van der Waals surface area contributed by atoms with Gasteiger partial charge < -0.3 is 5.32 Å². The molecule has 3 rings (SSSR count). The number of halogens is 3. The number of rotatable bonds is 6.